The van der Waals surface area contributed by atoms with Crippen LogP contribution in [0.1, 0.15) is 27.2 Å². The summed E-state index contributed by atoms with van der Waals surface area (Å²) in [6, 6.07) is 0. The number of hydrogen-bond donors (Lipinski definition) is 0. The molecule has 0 aliphatic heterocycles. The van der Waals surface area contributed by atoms with Crippen LogP contribution in [-0.2, 0) is 9.59 Å². The number of amides is 1. The quantitative estimate of drug-likeness (QED) is 0.688. The lowest BCUT2D eigenvalue weighted by atomic mass is 10.0. The molecule has 0 rings (SSSR count). The van der Waals surface area contributed by atoms with E-state index < -0.39 is 30.3 Å². The van der Waals surface area contributed by atoms with E-state index in [1.165, 1.54) is 13.8 Å². The van der Waals surface area contributed by atoms with Crippen LogP contribution in [0.2, 0.25) is 0 Å². The van der Waals surface area contributed by atoms with Crippen molar-refractivity contribution in [3.05, 3.63) is 0 Å². The monoisotopic (exact) mass is 239 g/mol. The fourth-order valence-electron chi connectivity index (χ4n) is 1.10. The highest BCUT2D eigenvalue weighted by Gasteiger charge is 2.35. The van der Waals surface area contributed by atoms with Crippen LogP contribution in [0, 0.1) is 5.92 Å². The van der Waals surface area contributed by atoms with E-state index in [4.69, 9.17) is 0 Å². The smallest absolute Gasteiger partial charge is 0.327 e. The topological polar surface area (TPSA) is 37.4 Å². The standard InChI is InChI=1S/C10H16F3NO2/c1-4-7(3)8(15)9(16)14(5-2)6-10(11,12)13/h7H,4-6H2,1-3H3. The summed E-state index contributed by atoms with van der Waals surface area (Å²) < 4.78 is 36.3. The van der Waals surface area contributed by atoms with Gasteiger partial charge in [-0.05, 0) is 13.3 Å². The first-order valence-electron chi connectivity index (χ1n) is 5.12. The maximum Gasteiger partial charge on any atom is 0.406 e. The molecule has 16 heavy (non-hydrogen) atoms. The molecular formula is C10H16F3NO2. The van der Waals surface area contributed by atoms with Crippen molar-refractivity contribution in [2.75, 3.05) is 13.1 Å². The molecular weight excluding hydrogens is 223 g/mol. The van der Waals surface area contributed by atoms with Crippen LogP contribution in [0.3, 0.4) is 0 Å². The number of alkyl halides is 3. The summed E-state index contributed by atoms with van der Waals surface area (Å²) in [7, 11) is 0. The lowest BCUT2D eigenvalue weighted by Crippen LogP contribution is -2.43. The summed E-state index contributed by atoms with van der Waals surface area (Å²) in [4.78, 5) is 23.4. The predicted molar refractivity (Wildman–Crippen MR) is 52.8 cm³/mol. The average molecular weight is 239 g/mol. The van der Waals surface area contributed by atoms with Crippen LogP contribution in [0.15, 0.2) is 0 Å². The van der Waals surface area contributed by atoms with Crippen molar-refractivity contribution in [3.8, 4) is 0 Å². The summed E-state index contributed by atoms with van der Waals surface area (Å²) in [6.07, 6.45) is -4.03. The number of nitrogens with zero attached hydrogens (tertiary/aromatic N) is 1. The summed E-state index contributed by atoms with van der Waals surface area (Å²) in [5, 5.41) is 0. The second-order valence-corrected chi connectivity index (χ2v) is 3.61. The molecule has 0 aromatic heterocycles. The van der Waals surface area contributed by atoms with Crippen molar-refractivity contribution >= 4 is 11.7 Å². The molecule has 3 nitrogen and oxygen atoms in total. The summed E-state index contributed by atoms with van der Waals surface area (Å²) in [6.45, 7) is 3.15. The lowest BCUT2D eigenvalue weighted by molar-refractivity contribution is -0.164. The Morgan fingerprint density at radius 1 is 1.25 bits per heavy atom. The van der Waals surface area contributed by atoms with E-state index in [0.717, 1.165) is 0 Å². The van der Waals surface area contributed by atoms with E-state index in [1.807, 2.05) is 0 Å². The zero-order valence-electron chi connectivity index (χ0n) is 9.60. The maximum absolute atomic E-state index is 12.1. The largest absolute Gasteiger partial charge is 0.406 e. The van der Waals surface area contributed by atoms with Crippen LogP contribution in [0.5, 0.6) is 0 Å². The fourth-order valence-corrected chi connectivity index (χ4v) is 1.10. The Bertz CT molecular complexity index is 263. The molecule has 0 bridgehead atoms. The highest BCUT2D eigenvalue weighted by atomic mass is 19.4. The first-order valence-corrected chi connectivity index (χ1v) is 5.12. The number of likely N-dealkylation sites (N-methyl/N-ethyl adjacent to an activating group) is 1. The van der Waals surface area contributed by atoms with E-state index >= 15 is 0 Å². The molecule has 1 unspecified atom stereocenters. The molecule has 0 spiro atoms. The molecule has 1 amide bonds. The summed E-state index contributed by atoms with van der Waals surface area (Å²) in [5.41, 5.74) is 0. The van der Waals surface area contributed by atoms with Gasteiger partial charge in [0, 0.05) is 12.5 Å². The molecule has 0 fully saturated rings. The Morgan fingerprint density at radius 2 is 1.75 bits per heavy atom. The Morgan fingerprint density at radius 3 is 2.06 bits per heavy atom. The van der Waals surface area contributed by atoms with Gasteiger partial charge in [0.1, 0.15) is 6.54 Å². The minimum absolute atomic E-state index is 0.124. The Hall–Kier alpha value is -1.07. The number of Topliss-reactive ketones (excluding diaryl/α,β-unsaturated/α-hetero) is 1. The molecule has 0 aromatic carbocycles. The van der Waals surface area contributed by atoms with Crippen LogP contribution < -0.4 is 0 Å². The third-order valence-electron chi connectivity index (χ3n) is 2.31. The first-order chi connectivity index (χ1) is 7.22. The first kappa shape index (κ1) is 14.9. The van der Waals surface area contributed by atoms with Gasteiger partial charge in [-0.2, -0.15) is 13.2 Å². The molecule has 1 atom stereocenters. The maximum atomic E-state index is 12.1. The number of rotatable bonds is 5. The number of halogens is 3. The number of ketones is 1. The van der Waals surface area contributed by atoms with Gasteiger partial charge in [-0.25, -0.2) is 0 Å². The van der Waals surface area contributed by atoms with Crippen LogP contribution in [0.4, 0.5) is 13.2 Å². The molecule has 0 aliphatic rings. The van der Waals surface area contributed by atoms with Gasteiger partial charge in [-0.3, -0.25) is 9.59 Å². The van der Waals surface area contributed by atoms with Gasteiger partial charge >= 0.3 is 6.18 Å². The predicted octanol–water partition coefficient (Wildman–Crippen LogP) is 2.01. The molecule has 0 saturated carbocycles. The third kappa shape index (κ3) is 4.63. The van der Waals surface area contributed by atoms with Crippen LogP contribution >= 0.6 is 0 Å². The third-order valence-corrected chi connectivity index (χ3v) is 2.31. The van der Waals surface area contributed by atoms with Crippen molar-refractivity contribution < 1.29 is 22.8 Å². The molecule has 0 N–H and O–H groups in total. The van der Waals surface area contributed by atoms with Crippen LogP contribution in [0.25, 0.3) is 0 Å². The van der Waals surface area contributed by atoms with E-state index in [1.54, 1.807) is 6.92 Å². The van der Waals surface area contributed by atoms with Crippen molar-refractivity contribution in [1.82, 2.24) is 4.90 Å². The number of carbonyl (C=O) groups is 2. The van der Waals surface area contributed by atoms with Crippen molar-refractivity contribution in [3.63, 3.8) is 0 Å². The van der Waals surface area contributed by atoms with Gasteiger partial charge in [0.15, 0.2) is 0 Å². The minimum Gasteiger partial charge on any atom is -0.327 e. The second-order valence-electron chi connectivity index (χ2n) is 3.61. The number of carbonyl (C=O) groups excluding carboxylic acids is 2. The van der Waals surface area contributed by atoms with E-state index in [-0.39, 0.29) is 6.54 Å². The molecule has 6 heteroatoms. The summed E-state index contributed by atoms with van der Waals surface area (Å²) >= 11 is 0. The zero-order chi connectivity index (χ0) is 12.9. The van der Waals surface area contributed by atoms with Crippen molar-refractivity contribution in [1.29, 1.82) is 0 Å². The molecule has 0 radical (unpaired) electrons. The Labute approximate surface area is 92.6 Å². The second kappa shape index (κ2) is 5.86. The summed E-state index contributed by atoms with van der Waals surface area (Å²) in [5.74, 6) is -2.34. The SMILES string of the molecule is CCC(C)C(=O)C(=O)N(CC)CC(F)(F)F. The van der Waals surface area contributed by atoms with Gasteiger partial charge < -0.3 is 4.90 Å². The Balaban J connectivity index is 4.60. The van der Waals surface area contributed by atoms with E-state index in [9.17, 15) is 22.8 Å². The van der Waals surface area contributed by atoms with Gasteiger partial charge in [-0.15, -0.1) is 0 Å². The highest BCUT2D eigenvalue weighted by molar-refractivity contribution is 6.36. The zero-order valence-corrected chi connectivity index (χ0v) is 9.60. The van der Waals surface area contributed by atoms with Crippen molar-refractivity contribution in [2.24, 2.45) is 5.92 Å². The highest BCUT2D eigenvalue weighted by Crippen LogP contribution is 2.17. The van der Waals surface area contributed by atoms with Gasteiger partial charge in [0.25, 0.3) is 5.91 Å². The normalized spacial score (nSPS) is 13.4. The fraction of sp³-hybridized carbons (Fsp3) is 0.800. The minimum atomic E-state index is -4.47. The van der Waals surface area contributed by atoms with Gasteiger partial charge in [0.05, 0.1) is 0 Å². The molecule has 0 saturated heterocycles. The Kier molecular flexibility index (Phi) is 5.47. The molecule has 0 heterocycles. The molecule has 0 aromatic rings. The average Bonchev–Trinajstić information content (AvgIpc) is 2.21. The lowest BCUT2D eigenvalue weighted by Gasteiger charge is -2.22. The van der Waals surface area contributed by atoms with E-state index in [2.05, 4.69) is 0 Å². The number of hydrogen-bond acceptors (Lipinski definition) is 2. The van der Waals surface area contributed by atoms with E-state index in [0.29, 0.717) is 11.3 Å². The van der Waals surface area contributed by atoms with Crippen molar-refractivity contribution in [2.45, 2.75) is 33.4 Å². The van der Waals surface area contributed by atoms with Crippen LogP contribution in [-0.4, -0.2) is 35.9 Å². The van der Waals surface area contributed by atoms with Gasteiger partial charge in [0.2, 0.25) is 5.78 Å². The molecule has 0 aliphatic carbocycles. The molecule has 94 valence electrons. The van der Waals surface area contributed by atoms with Gasteiger partial charge in [-0.1, -0.05) is 13.8 Å².